The fourth-order valence-electron chi connectivity index (χ4n) is 2.86. The molecular formula is C17H19NO3. The van der Waals surface area contributed by atoms with Crippen LogP contribution in [0, 0.1) is 5.92 Å². The van der Waals surface area contributed by atoms with E-state index in [0.29, 0.717) is 11.5 Å². The van der Waals surface area contributed by atoms with E-state index < -0.39 is 5.97 Å². The van der Waals surface area contributed by atoms with Crippen LogP contribution in [-0.2, 0) is 4.74 Å². The van der Waals surface area contributed by atoms with Gasteiger partial charge in [-0.05, 0) is 36.3 Å². The number of nitrogens with one attached hydrogen (secondary N) is 1. The quantitative estimate of drug-likeness (QED) is 0.884. The highest BCUT2D eigenvalue weighted by molar-refractivity contribution is 6.07. The van der Waals surface area contributed by atoms with Crippen molar-refractivity contribution in [3.8, 4) is 0 Å². The molecule has 0 aliphatic carbocycles. The molecule has 0 spiro atoms. The number of fused-ring (bicyclic) bond motifs is 1. The molecule has 2 aromatic carbocycles. The maximum Gasteiger partial charge on any atom is 0.336 e. The molecule has 1 aliphatic heterocycles. The molecule has 21 heavy (non-hydrogen) atoms. The molecule has 1 atom stereocenters. The van der Waals surface area contributed by atoms with E-state index in [4.69, 9.17) is 4.74 Å². The van der Waals surface area contributed by atoms with Gasteiger partial charge in [0.1, 0.15) is 0 Å². The maximum atomic E-state index is 11.3. The number of carboxylic acid groups (broad SMARTS) is 1. The summed E-state index contributed by atoms with van der Waals surface area (Å²) in [6, 6.07) is 11.2. The average molecular weight is 285 g/mol. The van der Waals surface area contributed by atoms with Gasteiger partial charge in [-0.3, -0.25) is 0 Å². The lowest BCUT2D eigenvalue weighted by Crippen LogP contribution is -2.09. The first-order valence-electron chi connectivity index (χ1n) is 7.32. The summed E-state index contributed by atoms with van der Waals surface area (Å²) in [7, 11) is 0. The Hall–Kier alpha value is -2.07. The molecule has 3 rings (SSSR count). The highest BCUT2D eigenvalue weighted by atomic mass is 16.5. The highest BCUT2D eigenvalue weighted by Crippen LogP contribution is 2.27. The van der Waals surface area contributed by atoms with Crippen LogP contribution in [0.5, 0.6) is 0 Å². The van der Waals surface area contributed by atoms with Gasteiger partial charge in [0.05, 0.1) is 5.56 Å². The first kappa shape index (κ1) is 13.9. The van der Waals surface area contributed by atoms with Crippen molar-refractivity contribution in [2.24, 2.45) is 5.92 Å². The molecule has 2 N–H and O–H groups in total. The molecule has 110 valence electrons. The van der Waals surface area contributed by atoms with Gasteiger partial charge in [0.15, 0.2) is 0 Å². The number of carboxylic acids is 1. The van der Waals surface area contributed by atoms with Crippen molar-refractivity contribution in [2.75, 3.05) is 25.1 Å². The molecule has 1 saturated heterocycles. The van der Waals surface area contributed by atoms with Crippen LogP contribution in [0.3, 0.4) is 0 Å². The zero-order chi connectivity index (χ0) is 14.7. The number of rotatable bonds is 5. The summed E-state index contributed by atoms with van der Waals surface area (Å²) in [5.41, 5.74) is 1.34. The van der Waals surface area contributed by atoms with Crippen molar-refractivity contribution < 1.29 is 14.6 Å². The minimum absolute atomic E-state index is 0.348. The summed E-state index contributed by atoms with van der Waals surface area (Å²) >= 11 is 0. The molecule has 1 fully saturated rings. The van der Waals surface area contributed by atoms with Gasteiger partial charge < -0.3 is 15.2 Å². The second-order valence-corrected chi connectivity index (χ2v) is 5.46. The van der Waals surface area contributed by atoms with Crippen molar-refractivity contribution in [3.05, 3.63) is 42.0 Å². The van der Waals surface area contributed by atoms with Crippen LogP contribution >= 0.6 is 0 Å². The van der Waals surface area contributed by atoms with Gasteiger partial charge in [0, 0.05) is 30.8 Å². The predicted octanol–water partition coefficient (Wildman–Crippen LogP) is 3.38. The Labute approximate surface area is 123 Å². The largest absolute Gasteiger partial charge is 0.478 e. The van der Waals surface area contributed by atoms with E-state index in [1.54, 1.807) is 6.07 Å². The molecule has 0 bridgehead atoms. The van der Waals surface area contributed by atoms with Crippen LogP contribution in [0.1, 0.15) is 23.2 Å². The van der Waals surface area contributed by atoms with Crippen LogP contribution in [0.15, 0.2) is 36.4 Å². The Balaban J connectivity index is 1.79. The Morgan fingerprint density at radius 2 is 2.05 bits per heavy atom. The lowest BCUT2D eigenvalue weighted by atomic mass is 10.0. The zero-order valence-electron chi connectivity index (χ0n) is 11.8. The molecule has 0 amide bonds. The molecule has 0 radical (unpaired) electrons. The number of aromatic carboxylic acids is 1. The zero-order valence-corrected chi connectivity index (χ0v) is 11.8. The molecular weight excluding hydrogens is 266 g/mol. The van der Waals surface area contributed by atoms with Crippen LogP contribution in [0.4, 0.5) is 5.69 Å². The number of ether oxygens (including phenoxy) is 1. The number of benzene rings is 2. The number of carbonyl (C=O) groups is 1. The standard InChI is InChI=1S/C17H19NO3/c19-17(20)15-5-6-16(14-4-2-1-3-13(14)15)18-9-7-12-8-10-21-11-12/h1-6,12,18H,7-11H2,(H,19,20). The molecule has 2 aromatic rings. The molecule has 4 nitrogen and oxygen atoms in total. The summed E-state index contributed by atoms with van der Waals surface area (Å²) in [4.78, 5) is 11.3. The van der Waals surface area contributed by atoms with E-state index >= 15 is 0 Å². The monoisotopic (exact) mass is 285 g/mol. The van der Waals surface area contributed by atoms with Gasteiger partial charge in [-0.2, -0.15) is 0 Å². The SMILES string of the molecule is O=C(O)c1ccc(NCCC2CCOC2)c2ccccc12. The minimum atomic E-state index is -0.888. The molecule has 0 saturated carbocycles. The van der Waals surface area contributed by atoms with E-state index in [-0.39, 0.29) is 0 Å². The van der Waals surface area contributed by atoms with Gasteiger partial charge in [0.25, 0.3) is 0 Å². The summed E-state index contributed by atoms with van der Waals surface area (Å²) < 4.78 is 5.38. The third-order valence-electron chi connectivity index (χ3n) is 4.05. The van der Waals surface area contributed by atoms with Crippen molar-refractivity contribution in [1.82, 2.24) is 0 Å². The number of hydrogen-bond acceptors (Lipinski definition) is 3. The van der Waals surface area contributed by atoms with Gasteiger partial charge >= 0.3 is 5.97 Å². The first-order valence-corrected chi connectivity index (χ1v) is 7.32. The number of hydrogen-bond donors (Lipinski definition) is 2. The van der Waals surface area contributed by atoms with Crippen LogP contribution in [0.25, 0.3) is 10.8 Å². The Bertz CT molecular complexity index is 648. The summed E-state index contributed by atoms with van der Waals surface area (Å²) in [6.07, 6.45) is 2.22. The summed E-state index contributed by atoms with van der Waals surface area (Å²) in [6.45, 7) is 2.62. The Morgan fingerprint density at radius 3 is 2.76 bits per heavy atom. The van der Waals surface area contributed by atoms with Gasteiger partial charge in [-0.1, -0.05) is 24.3 Å². The fraction of sp³-hybridized carbons (Fsp3) is 0.353. The third-order valence-corrected chi connectivity index (χ3v) is 4.05. The molecule has 0 aromatic heterocycles. The van der Waals surface area contributed by atoms with Crippen molar-refractivity contribution >= 4 is 22.4 Å². The third kappa shape index (κ3) is 3.00. The molecule has 4 heteroatoms. The van der Waals surface area contributed by atoms with E-state index in [2.05, 4.69) is 5.32 Å². The Morgan fingerprint density at radius 1 is 1.24 bits per heavy atom. The van der Waals surface area contributed by atoms with Crippen LogP contribution in [-0.4, -0.2) is 30.8 Å². The van der Waals surface area contributed by atoms with Gasteiger partial charge in [0.2, 0.25) is 0 Å². The number of anilines is 1. The second-order valence-electron chi connectivity index (χ2n) is 5.46. The molecule has 1 unspecified atom stereocenters. The van der Waals surface area contributed by atoms with E-state index in [0.717, 1.165) is 49.1 Å². The maximum absolute atomic E-state index is 11.3. The average Bonchev–Trinajstić information content (AvgIpc) is 3.00. The van der Waals surface area contributed by atoms with Crippen LogP contribution < -0.4 is 5.32 Å². The van der Waals surface area contributed by atoms with E-state index in [1.807, 2.05) is 30.3 Å². The minimum Gasteiger partial charge on any atom is -0.478 e. The normalized spacial score (nSPS) is 18.0. The van der Waals surface area contributed by atoms with E-state index in [9.17, 15) is 9.90 Å². The van der Waals surface area contributed by atoms with Crippen LogP contribution in [0.2, 0.25) is 0 Å². The lowest BCUT2D eigenvalue weighted by Gasteiger charge is -2.13. The fourth-order valence-corrected chi connectivity index (χ4v) is 2.86. The Kier molecular flexibility index (Phi) is 4.06. The van der Waals surface area contributed by atoms with Gasteiger partial charge in [-0.15, -0.1) is 0 Å². The molecule has 1 aliphatic rings. The lowest BCUT2D eigenvalue weighted by molar-refractivity contribution is 0.0699. The van der Waals surface area contributed by atoms with E-state index in [1.165, 1.54) is 0 Å². The summed E-state index contributed by atoms with van der Waals surface area (Å²) in [5, 5.41) is 14.4. The smallest absolute Gasteiger partial charge is 0.336 e. The first-order chi connectivity index (χ1) is 10.3. The highest BCUT2D eigenvalue weighted by Gasteiger charge is 2.15. The topological polar surface area (TPSA) is 58.6 Å². The van der Waals surface area contributed by atoms with Crippen molar-refractivity contribution in [2.45, 2.75) is 12.8 Å². The predicted molar refractivity (Wildman–Crippen MR) is 82.9 cm³/mol. The van der Waals surface area contributed by atoms with Gasteiger partial charge in [-0.25, -0.2) is 4.79 Å². The van der Waals surface area contributed by atoms with Crippen molar-refractivity contribution in [1.29, 1.82) is 0 Å². The summed E-state index contributed by atoms with van der Waals surface area (Å²) in [5.74, 6) is -0.247. The second kappa shape index (κ2) is 6.14. The molecule has 1 heterocycles. The van der Waals surface area contributed by atoms with Crippen molar-refractivity contribution in [3.63, 3.8) is 0 Å².